The average molecular weight is 356 g/mol. The minimum absolute atomic E-state index is 0.0337. The monoisotopic (exact) mass is 356 g/mol. The molecule has 2 heterocycles. The van der Waals surface area contributed by atoms with Crippen molar-refractivity contribution < 1.29 is 14.4 Å². The number of aldehydes is 1. The van der Waals surface area contributed by atoms with Crippen LogP contribution in [-0.4, -0.2) is 52.6 Å². The molecule has 1 N–H and O–H groups in total. The molecule has 25 heavy (non-hydrogen) atoms. The summed E-state index contributed by atoms with van der Waals surface area (Å²) in [5, 5.41) is 2.75. The smallest absolute Gasteiger partial charge is 0.241 e. The largest absolute Gasteiger partial charge is 0.332 e. The van der Waals surface area contributed by atoms with E-state index in [1.54, 1.807) is 4.90 Å². The third-order valence-electron chi connectivity index (χ3n) is 5.21. The lowest BCUT2D eigenvalue weighted by molar-refractivity contribution is -0.137. The molecule has 2 aliphatic heterocycles. The van der Waals surface area contributed by atoms with Crippen molar-refractivity contribution in [2.24, 2.45) is 0 Å². The molecule has 6 heteroatoms. The van der Waals surface area contributed by atoms with Crippen molar-refractivity contribution in [3.8, 4) is 0 Å². The van der Waals surface area contributed by atoms with Gasteiger partial charge in [-0.25, -0.2) is 0 Å². The Balaban J connectivity index is 1.51. The molecule has 0 radical (unpaired) electrons. The van der Waals surface area contributed by atoms with E-state index in [9.17, 15) is 14.4 Å². The number of amides is 1. The van der Waals surface area contributed by atoms with Gasteiger partial charge in [-0.3, -0.25) is 14.9 Å². The number of hydrogen-bond donors (Lipinski definition) is 1. The van der Waals surface area contributed by atoms with Crippen molar-refractivity contribution in [1.82, 2.24) is 10.2 Å². The Bertz CT molecular complexity index is 761. The number of Topliss-reactive ketones (excluding diaryl/α,β-unsaturated/α-hetero) is 1. The van der Waals surface area contributed by atoms with Crippen LogP contribution >= 0.6 is 11.8 Å². The topological polar surface area (TPSA) is 66.5 Å². The summed E-state index contributed by atoms with van der Waals surface area (Å²) in [7, 11) is 0. The van der Waals surface area contributed by atoms with Crippen LogP contribution in [0.1, 0.15) is 24.0 Å². The van der Waals surface area contributed by atoms with Gasteiger partial charge in [-0.15, -0.1) is 11.8 Å². The molecule has 3 aliphatic rings. The van der Waals surface area contributed by atoms with Crippen LogP contribution < -0.4 is 5.32 Å². The van der Waals surface area contributed by atoms with Gasteiger partial charge in [0, 0.05) is 24.4 Å². The van der Waals surface area contributed by atoms with Crippen LogP contribution in [0.15, 0.2) is 29.8 Å². The highest BCUT2D eigenvalue weighted by atomic mass is 32.2. The Kier molecular flexibility index (Phi) is 4.48. The van der Waals surface area contributed by atoms with Crippen LogP contribution in [0.25, 0.3) is 6.08 Å². The minimum Gasteiger partial charge on any atom is -0.332 e. The number of rotatable bonds is 4. The Hall–Kier alpha value is -1.92. The van der Waals surface area contributed by atoms with Crippen molar-refractivity contribution >= 4 is 35.8 Å². The molecule has 4 rings (SSSR count). The summed E-state index contributed by atoms with van der Waals surface area (Å²) in [4.78, 5) is 38.7. The van der Waals surface area contributed by atoms with Crippen molar-refractivity contribution in [1.29, 1.82) is 0 Å². The van der Waals surface area contributed by atoms with Gasteiger partial charge in [0.15, 0.2) is 5.78 Å². The molecule has 5 nitrogen and oxygen atoms in total. The highest BCUT2D eigenvalue weighted by molar-refractivity contribution is 8.00. The van der Waals surface area contributed by atoms with Gasteiger partial charge >= 0.3 is 0 Å². The molecule has 0 spiro atoms. The van der Waals surface area contributed by atoms with Gasteiger partial charge in [0.1, 0.15) is 12.3 Å². The number of likely N-dealkylation sites (tertiary alicyclic amines) is 1. The first-order valence-corrected chi connectivity index (χ1v) is 9.67. The third kappa shape index (κ3) is 2.93. The molecule has 2 saturated heterocycles. The lowest BCUT2D eigenvalue weighted by Gasteiger charge is -2.26. The number of thioether (sulfide) groups is 1. The molecule has 1 amide bonds. The molecule has 2 fully saturated rings. The van der Waals surface area contributed by atoms with Crippen LogP contribution in [0.3, 0.4) is 0 Å². The van der Waals surface area contributed by atoms with E-state index in [-0.39, 0.29) is 17.7 Å². The van der Waals surface area contributed by atoms with Crippen LogP contribution in [-0.2, 0) is 20.8 Å². The summed E-state index contributed by atoms with van der Waals surface area (Å²) in [5.74, 6) is 0.493. The number of nitrogens with one attached hydrogen (secondary N) is 1. The van der Waals surface area contributed by atoms with Gasteiger partial charge in [0.25, 0.3) is 0 Å². The number of allylic oxidation sites excluding steroid dienone is 1. The molecular formula is C19H20N2O3S. The fraction of sp³-hybridized carbons (Fsp3) is 0.421. The third-order valence-corrected chi connectivity index (χ3v) is 6.39. The van der Waals surface area contributed by atoms with Crippen LogP contribution in [0.2, 0.25) is 0 Å². The summed E-state index contributed by atoms with van der Waals surface area (Å²) >= 11 is 1.48. The van der Waals surface area contributed by atoms with Gasteiger partial charge in [-0.2, -0.15) is 0 Å². The first-order chi connectivity index (χ1) is 12.2. The zero-order valence-corrected chi connectivity index (χ0v) is 14.6. The Labute approximate surface area is 150 Å². The summed E-state index contributed by atoms with van der Waals surface area (Å²) < 4.78 is 0. The first-order valence-electron chi connectivity index (χ1n) is 8.62. The highest BCUT2D eigenvalue weighted by Crippen LogP contribution is 2.32. The molecule has 1 unspecified atom stereocenters. The number of carbonyl (C=O) groups excluding carboxylic acids is 3. The van der Waals surface area contributed by atoms with Crippen LogP contribution in [0.4, 0.5) is 0 Å². The number of nitrogens with zero attached hydrogens (tertiary/aromatic N) is 1. The number of hydrogen-bond acceptors (Lipinski definition) is 5. The van der Waals surface area contributed by atoms with Crippen molar-refractivity contribution in [3.63, 3.8) is 0 Å². The number of carbonyl (C=O) groups is 3. The molecule has 1 aliphatic carbocycles. The van der Waals surface area contributed by atoms with E-state index in [4.69, 9.17) is 0 Å². The van der Waals surface area contributed by atoms with Gasteiger partial charge in [-0.05, 0) is 30.0 Å². The predicted molar refractivity (Wildman–Crippen MR) is 97.1 cm³/mol. The normalized spacial score (nSPS) is 27.9. The summed E-state index contributed by atoms with van der Waals surface area (Å²) in [6.45, 7) is 0.597. The molecular weight excluding hydrogens is 336 g/mol. The molecule has 1 aromatic rings. The van der Waals surface area contributed by atoms with Gasteiger partial charge < -0.3 is 9.69 Å². The van der Waals surface area contributed by atoms with Gasteiger partial charge in [0.2, 0.25) is 5.91 Å². The number of benzene rings is 1. The fourth-order valence-corrected chi connectivity index (χ4v) is 5.05. The number of fused-ring (bicyclic) bond motifs is 1. The summed E-state index contributed by atoms with van der Waals surface area (Å²) in [6, 6.07) is 7.11. The molecule has 3 atom stereocenters. The SMILES string of the molecule is O=C[C@@H]1CCCN1C(=O)[C@H]1NCSC1C(=O)C1=Cc2ccccc2C1. The highest BCUT2D eigenvalue weighted by Gasteiger charge is 2.43. The maximum absolute atomic E-state index is 13.0. The van der Waals surface area contributed by atoms with E-state index in [2.05, 4.69) is 5.32 Å². The molecule has 0 saturated carbocycles. The van der Waals surface area contributed by atoms with Gasteiger partial charge in [-0.1, -0.05) is 24.3 Å². The Morgan fingerprint density at radius 3 is 2.92 bits per heavy atom. The minimum atomic E-state index is -0.539. The summed E-state index contributed by atoms with van der Waals surface area (Å²) in [6.07, 6.45) is 4.98. The molecule has 130 valence electrons. The standard InChI is InChI=1S/C19H20N2O3S/c22-10-15-6-3-7-21(15)19(24)16-18(25-11-20-16)17(23)14-8-12-4-1-2-5-13(12)9-14/h1-2,4-5,8,10,15-16,18,20H,3,6-7,9,11H2/t15-,16-,18?/m0/s1. The first kappa shape index (κ1) is 16.5. The Morgan fingerprint density at radius 1 is 1.28 bits per heavy atom. The van der Waals surface area contributed by atoms with E-state index in [1.165, 1.54) is 11.8 Å². The predicted octanol–water partition coefficient (Wildman–Crippen LogP) is 1.42. The second-order valence-corrected chi connectivity index (χ2v) is 7.83. The fourth-order valence-electron chi connectivity index (χ4n) is 3.88. The molecule has 0 aromatic heterocycles. The van der Waals surface area contributed by atoms with Crippen LogP contribution in [0.5, 0.6) is 0 Å². The van der Waals surface area contributed by atoms with E-state index >= 15 is 0 Å². The van der Waals surface area contributed by atoms with Crippen LogP contribution in [0, 0.1) is 0 Å². The molecule has 0 bridgehead atoms. The Morgan fingerprint density at radius 2 is 2.12 bits per heavy atom. The maximum atomic E-state index is 13.0. The average Bonchev–Trinajstić information content (AvgIpc) is 3.38. The zero-order valence-electron chi connectivity index (χ0n) is 13.8. The van der Waals surface area contributed by atoms with E-state index in [0.717, 1.165) is 29.4 Å². The van der Waals surface area contributed by atoms with E-state index < -0.39 is 11.3 Å². The van der Waals surface area contributed by atoms with Crippen molar-refractivity contribution in [2.75, 3.05) is 12.4 Å². The van der Waals surface area contributed by atoms with Crippen molar-refractivity contribution in [3.05, 3.63) is 41.0 Å². The van der Waals surface area contributed by atoms with E-state index in [0.29, 0.717) is 25.3 Å². The quantitative estimate of drug-likeness (QED) is 0.827. The maximum Gasteiger partial charge on any atom is 0.241 e. The van der Waals surface area contributed by atoms with Gasteiger partial charge in [0.05, 0.1) is 11.3 Å². The molecule has 1 aromatic carbocycles. The number of ketones is 1. The zero-order chi connectivity index (χ0) is 17.4. The van der Waals surface area contributed by atoms with Crippen molar-refractivity contribution in [2.45, 2.75) is 36.6 Å². The van der Waals surface area contributed by atoms with E-state index in [1.807, 2.05) is 30.3 Å². The second kappa shape index (κ2) is 6.77. The summed E-state index contributed by atoms with van der Waals surface area (Å²) in [5.41, 5.74) is 3.02. The lowest BCUT2D eigenvalue weighted by Crippen LogP contribution is -2.51. The lowest BCUT2D eigenvalue weighted by atomic mass is 10.0. The second-order valence-electron chi connectivity index (χ2n) is 6.70.